The zero-order valence-electron chi connectivity index (χ0n) is 4.62. The molecule has 0 unspecified atom stereocenters. The Labute approximate surface area is 263 Å². The van der Waals surface area contributed by atoms with E-state index >= 15 is 0 Å². The second-order valence-corrected chi connectivity index (χ2v) is 0. The number of hydrogen-bond donors (Lipinski definition) is 0. The smallest absolute Gasteiger partial charge is 0 e. The number of rotatable bonds is 0. The summed E-state index contributed by atoms with van der Waals surface area (Å²) in [5, 5.41) is 0. The third-order valence-corrected chi connectivity index (χ3v) is 0. The first-order valence-corrected chi connectivity index (χ1v) is 0. The summed E-state index contributed by atoms with van der Waals surface area (Å²) < 4.78 is 0. The van der Waals surface area contributed by atoms with Gasteiger partial charge in [-0.25, -0.2) is 0 Å². The van der Waals surface area contributed by atoms with Crippen molar-refractivity contribution in [1.29, 1.82) is 0 Å². The summed E-state index contributed by atoms with van der Waals surface area (Å²) in [6, 6.07) is 0. The van der Waals surface area contributed by atoms with Gasteiger partial charge >= 0.3 is 0 Å². The Morgan fingerprint density at radius 2 is 0.250 bits per heavy atom. The van der Waals surface area contributed by atoms with Crippen LogP contribution in [0.5, 0.6) is 0 Å². The fraction of sp³-hybridized carbons (Fsp3) is 0. The standard InChI is InChI=1S/5Pb.3Sr. The second-order valence-electron chi connectivity index (χ2n) is 0. The molecule has 0 atom stereocenters. The first kappa shape index (κ1) is 53.6. The Morgan fingerprint density at radius 3 is 0.250 bits per heavy atom. The van der Waals surface area contributed by atoms with E-state index in [1.807, 2.05) is 0 Å². The predicted molar refractivity (Wildman–Crippen MR) is 46.0 cm³/mol. The first-order chi connectivity index (χ1) is 0. The van der Waals surface area contributed by atoms with E-state index in [1.54, 1.807) is 0 Å². The molecule has 26 radical (unpaired) electrons. The van der Waals surface area contributed by atoms with Crippen LogP contribution in [0.15, 0.2) is 0 Å². The molecule has 8 heavy (non-hydrogen) atoms. The summed E-state index contributed by atoms with van der Waals surface area (Å²) in [5.41, 5.74) is 0. The summed E-state index contributed by atoms with van der Waals surface area (Å²) in [6.45, 7) is 0. The minimum Gasteiger partial charge on any atom is 0 e. The summed E-state index contributed by atoms with van der Waals surface area (Å²) >= 11 is 0. The molecule has 0 heterocycles. The van der Waals surface area contributed by atoms with E-state index in [-0.39, 0.29) is 273 Å². The van der Waals surface area contributed by atoms with E-state index in [2.05, 4.69) is 0 Å². The summed E-state index contributed by atoms with van der Waals surface area (Å²) in [7, 11) is 0. The Morgan fingerprint density at radius 1 is 0.250 bits per heavy atom. The summed E-state index contributed by atoms with van der Waals surface area (Å²) in [6.07, 6.45) is 0. The molecular formula is Pb5Sr3. The van der Waals surface area contributed by atoms with Gasteiger partial charge in [-0.1, -0.05) is 0 Å². The van der Waals surface area contributed by atoms with Crippen molar-refractivity contribution in [2.24, 2.45) is 0 Å². The molecule has 0 aromatic heterocycles. The van der Waals surface area contributed by atoms with Gasteiger partial charge in [0.15, 0.2) is 0 Å². The van der Waals surface area contributed by atoms with Crippen molar-refractivity contribution in [3.8, 4) is 0 Å². The predicted octanol–water partition coefficient (Wildman–Crippen LogP) is -3.05. The maximum absolute atomic E-state index is 0. The van der Waals surface area contributed by atoms with Crippen molar-refractivity contribution < 1.29 is 0 Å². The first-order valence-electron chi connectivity index (χ1n) is 0. The van der Waals surface area contributed by atoms with Gasteiger partial charge < -0.3 is 0 Å². The minimum absolute atomic E-state index is 0. The van der Waals surface area contributed by atoms with Gasteiger partial charge in [-0.3, -0.25) is 0 Å². The third kappa shape index (κ3) is 36.3. The quantitative estimate of drug-likeness (QED) is 0.227. The molecule has 0 aromatic rings. The topological polar surface area (TPSA) is 0 Å². The zero-order chi connectivity index (χ0) is 0. The molecule has 0 aliphatic heterocycles. The van der Waals surface area contributed by atoms with Crippen LogP contribution in [0.3, 0.4) is 0 Å². The van der Waals surface area contributed by atoms with E-state index < -0.39 is 0 Å². The summed E-state index contributed by atoms with van der Waals surface area (Å²) in [4.78, 5) is 0. The molecule has 26 valence electrons. The van der Waals surface area contributed by atoms with Crippen LogP contribution in [-0.2, 0) is 0 Å². The molecule has 0 nitrogen and oxygen atoms in total. The Hall–Kier alpha value is 9.05. The van der Waals surface area contributed by atoms with Crippen molar-refractivity contribution in [2.45, 2.75) is 0 Å². The van der Waals surface area contributed by atoms with E-state index in [0.717, 1.165) is 0 Å². The molecule has 0 saturated carbocycles. The summed E-state index contributed by atoms with van der Waals surface area (Å²) in [5.74, 6) is 0. The maximum atomic E-state index is 0. The average Bonchev–Trinajstić information content (AvgIpc) is 0. The average molecular weight is 1300 g/mol. The molecule has 0 rings (SSSR count). The van der Waals surface area contributed by atoms with Gasteiger partial charge in [0.25, 0.3) is 0 Å². The van der Waals surface area contributed by atoms with Gasteiger partial charge in [-0.05, 0) is 0 Å². The van der Waals surface area contributed by atoms with E-state index in [1.165, 1.54) is 0 Å². The molecule has 0 aliphatic carbocycles. The van der Waals surface area contributed by atoms with Gasteiger partial charge in [0.05, 0.1) is 0 Å². The molecule has 0 fully saturated rings. The molecule has 0 aliphatic rings. The van der Waals surface area contributed by atoms with Crippen molar-refractivity contribution in [3.05, 3.63) is 0 Å². The van der Waals surface area contributed by atoms with Crippen molar-refractivity contribution in [3.63, 3.8) is 0 Å². The maximum Gasteiger partial charge on any atom is 0 e. The fourth-order valence-corrected chi connectivity index (χ4v) is 0. The van der Waals surface area contributed by atoms with Gasteiger partial charge in [0.1, 0.15) is 0 Å². The van der Waals surface area contributed by atoms with Crippen LogP contribution in [0, 0.1) is 0 Å². The number of hydrogen-bond acceptors (Lipinski definition) is 0. The van der Waals surface area contributed by atoms with Crippen LogP contribution < -0.4 is 0 Å². The van der Waals surface area contributed by atoms with Crippen LogP contribution in [-0.4, -0.2) is 273 Å². The molecule has 0 aromatic carbocycles. The minimum atomic E-state index is 0. The third-order valence-electron chi connectivity index (χ3n) is 0. The van der Waals surface area contributed by atoms with E-state index in [4.69, 9.17) is 0 Å². The van der Waals surface area contributed by atoms with Gasteiger partial charge in [-0.15, -0.1) is 0 Å². The van der Waals surface area contributed by atoms with Crippen LogP contribution in [0.25, 0.3) is 0 Å². The van der Waals surface area contributed by atoms with Crippen LogP contribution >= 0.6 is 0 Å². The van der Waals surface area contributed by atoms with Crippen molar-refractivity contribution in [1.82, 2.24) is 0 Å². The molecule has 0 N–H and O–H groups in total. The Bertz CT molecular complexity index is 7.64. The molecular weight excluding hydrogens is 1300 g/mol. The Kier molecular flexibility index (Phi) is 297. The Balaban J connectivity index is 0. The van der Waals surface area contributed by atoms with E-state index in [9.17, 15) is 0 Å². The van der Waals surface area contributed by atoms with E-state index in [0.29, 0.717) is 0 Å². The fourth-order valence-electron chi connectivity index (χ4n) is 0. The normalized spacial score (nSPS) is 0. The molecule has 8 heteroatoms. The molecule has 0 bridgehead atoms. The molecule has 0 saturated heterocycles. The van der Waals surface area contributed by atoms with Crippen LogP contribution in [0.1, 0.15) is 0 Å². The zero-order valence-corrected chi connectivity index (χ0v) is 34.5. The van der Waals surface area contributed by atoms with Crippen LogP contribution in [0.4, 0.5) is 0 Å². The molecule has 0 spiro atoms. The van der Waals surface area contributed by atoms with Crippen LogP contribution in [0.2, 0.25) is 0 Å². The van der Waals surface area contributed by atoms with Gasteiger partial charge in [-0.2, -0.15) is 0 Å². The second kappa shape index (κ2) is 44.4. The van der Waals surface area contributed by atoms with Gasteiger partial charge in [0, 0.05) is 273 Å². The monoisotopic (exact) mass is 1300 g/mol. The largest absolute Gasteiger partial charge is 0 e. The molecule has 0 amide bonds. The SMILES string of the molecule is [Pb].[Pb].[Pb].[Pb].[Pb].[Sr].[Sr].[Sr]. The van der Waals surface area contributed by atoms with Crippen molar-refractivity contribution in [2.75, 3.05) is 0 Å². The van der Waals surface area contributed by atoms with Gasteiger partial charge in [0.2, 0.25) is 0 Å². The van der Waals surface area contributed by atoms with Crippen molar-refractivity contribution >= 4 is 273 Å².